The van der Waals surface area contributed by atoms with Gasteiger partial charge in [-0.25, -0.2) is 0 Å². The monoisotopic (exact) mass is 1390 g/mol. The van der Waals surface area contributed by atoms with Gasteiger partial charge >= 0.3 is 49.4 Å². The maximum atomic E-state index is 15.0. The van der Waals surface area contributed by atoms with Gasteiger partial charge in [-0.2, -0.15) is 111 Å². The molecule has 0 saturated heterocycles. The third-order valence-electron chi connectivity index (χ3n) is 17.2. The van der Waals surface area contributed by atoms with Crippen molar-refractivity contribution >= 4 is 38.8 Å². The summed E-state index contributed by atoms with van der Waals surface area (Å²) in [6, 6.07) is 20.8. The lowest BCUT2D eigenvalue weighted by Gasteiger charge is -2.37. The molecule has 2 unspecified atom stereocenters. The van der Waals surface area contributed by atoms with Gasteiger partial charge in [-0.1, -0.05) is 66.8 Å². The topological polar surface area (TPSA) is 44.9 Å². The minimum absolute atomic E-state index is 0.0713. The van der Waals surface area contributed by atoms with Crippen molar-refractivity contribution in [1.82, 2.24) is 9.55 Å². The average molecular weight is 1390 g/mol. The van der Waals surface area contributed by atoms with E-state index in [2.05, 4.69) is 11.1 Å². The molecule has 0 bridgehead atoms. The van der Waals surface area contributed by atoms with E-state index < -0.39 is 155 Å². The van der Waals surface area contributed by atoms with Crippen molar-refractivity contribution in [3.8, 4) is 56.4 Å². The first-order valence-electron chi connectivity index (χ1n) is 28.5. The zero-order valence-electron chi connectivity index (χ0n) is 49.2. The van der Waals surface area contributed by atoms with Crippen LogP contribution in [0.4, 0.5) is 117 Å². The summed E-state index contributed by atoms with van der Waals surface area (Å²) < 4.78 is 349. The van der Waals surface area contributed by atoms with E-state index in [-0.39, 0.29) is 80.0 Å². The van der Waals surface area contributed by atoms with E-state index in [4.69, 9.17) is 0 Å². The molecule has 98 heavy (non-hydrogen) atoms. The highest BCUT2D eigenvalue weighted by Gasteiger charge is 2.51. The number of benzene rings is 8. The Kier molecular flexibility index (Phi) is 15.7. The SMILES string of the molecule is Cc1cccc(-c2cc(N3c4ccc(-c5ccc(C(F)(F)F)cc5C(F)(F)F)cc4C4(C)C=C(c5ccc(C(F)(F)F)cc5C(F)(F)F)C=CC34)c(C#N)c(-n3c4ccc(-c5ccc(C(F)(F)F)cc5C(F)(F)F)cc4c4cc(-c5ccc(C(F)(F)F)cc5C(F)(F)F)ccc43)c2)n1. The molecule has 3 heterocycles. The molecule has 2 atom stereocenters. The second-order valence-corrected chi connectivity index (χ2v) is 23.3. The van der Waals surface area contributed by atoms with Crippen LogP contribution in [0.1, 0.15) is 73.8 Å². The highest BCUT2D eigenvalue weighted by molar-refractivity contribution is 6.12. The smallest absolute Gasteiger partial charge is 0.332 e. The van der Waals surface area contributed by atoms with E-state index in [0.717, 1.165) is 60.7 Å². The molecular formula is C70H36F24N4. The van der Waals surface area contributed by atoms with Crippen LogP contribution in [0.15, 0.2) is 176 Å². The van der Waals surface area contributed by atoms with Gasteiger partial charge in [0.2, 0.25) is 0 Å². The number of anilines is 2. The fourth-order valence-corrected chi connectivity index (χ4v) is 12.8. The molecule has 0 fully saturated rings. The Bertz CT molecular complexity index is 4910. The third-order valence-corrected chi connectivity index (χ3v) is 17.2. The summed E-state index contributed by atoms with van der Waals surface area (Å²) in [7, 11) is 0. The maximum absolute atomic E-state index is 15.0. The first-order valence-corrected chi connectivity index (χ1v) is 28.5. The third kappa shape index (κ3) is 12.0. The summed E-state index contributed by atoms with van der Waals surface area (Å²) in [6.07, 6.45) is -39.6. The number of aromatic nitrogens is 2. The molecule has 8 aromatic carbocycles. The van der Waals surface area contributed by atoms with Gasteiger partial charge in [0.1, 0.15) is 6.07 Å². The molecule has 1 aliphatic heterocycles. The van der Waals surface area contributed by atoms with Gasteiger partial charge in [0.05, 0.1) is 84.2 Å². The number of hydrogen-bond donors (Lipinski definition) is 0. The Morgan fingerprint density at radius 2 is 0.806 bits per heavy atom. The summed E-state index contributed by atoms with van der Waals surface area (Å²) in [5.41, 5.74) is -21.8. The fourth-order valence-electron chi connectivity index (χ4n) is 12.8. The van der Waals surface area contributed by atoms with Crippen LogP contribution in [-0.4, -0.2) is 15.6 Å². The zero-order chi connectivity index (χ0) is 71.3. The minimum Gasteiger partial charge on any atom is -0.332 e. The predicted octanol–water partition coefficient (Wildman–Crippen LogP) is 23.6. The molecule has 2 aromatic heterocycles. The van der Waals surface area contributed by atoms with E-state index >= 15 is 13.2 Å². The number of rotatable bonds is 7. The number of aryl methyl sites for hydroxylation is 1. The molecule has 504 valence electrons. The molecule has 0 spiro atoms. The molecule has 0 amide bonds. The largest absolute Gasteiger partial charge is 0.417 e. The standard InChI is InChI=1S/C70H36F24N4/c1-33-4-3-5-55(96-33)38-25-59(97-56-18-6-34(43-14-10-39(63(71,72)73)27-50(43)67(83,84)85)22-47(56)48-23-35(7-19-57(48)97)44-15-11-40(64(74,75)76)28-51(44)68(86,87)88)49(32-95)60(26-38)98-58-20-8-36(45-16-12-41(65(77,78)79)29-52(45)69(89,90)91)24-54(58)62(2)31-37(9-21-61(62)98)46-17-13-42(66(80,81)82)30-53(46)70(92,93)94/h3-31,61H,1-2H3. The molecule has 0 radical (unpaired) electrons. The first kappa shape index (κ1) is 67.8. The van der Waals surface area contributed by atoms with Crippen molar-refractivity contribution < 1.29 is 105 Å². The summed E-state index contributed by atoms with van der Waals surface area (Å²) in [6.45, 7) is 2.93. The molecule has 10 aromatic rings. The minimum atomic E-state index is -5.48. The van der Waals surface area contributed by atoms with Gasteiger partial charge in [-0.05, 0) is 173 Å². The fraction of sp³-hybridized carbons (Fsp3) is 0.171. The summed E-state index contributed by atoms with van der Waals surface area (Å²) in [4.78, 5) is 6.04. The van der Waals surface area contributed by atoms with E-state index in [9.17, 15) is 97.5 Å². The summed E-state index contributed by atoms with van der Waals surface area (Å²) >= 11 is 0. The van der Waals surface area contributed by atoms with Crippen LogP contribution in [0, 0.1) is 18.3 Å². The van der Waals surface area contributed by atoms with Gasteiger partial charge in [0.15, 0.2) is 0 Å². The number of allylic oxidation sites excluding steroid dienone is 2. The lowest BCUT2D eigenvalue weighted by molar-refractivity contribution is -0.144. The van der Waals surface area contributed by atoms with Crippen LogP contribution in [0.25, 0.3) is 77.7 Å². The quantitative estimate of drug-likeness (QED) is 0.149. The lowest BCUT2D eigenvalue weighted by atomic mass is 9.72. The number of hydrogen-bond acceptors (Lipinski definition) is 3. The van der Waals surface area contributed by atoms with Gasteiger partial charge in [0.25, 0.3) is 0 Å². The zero-order valence-corrected chi connectivity index (χ0v) is 49.2. The number of fused-ring (bicyclic) bond motifs is 6. The predicted molar refractivity (Wildman–Crippen MR) is 313 cm³/mol. The van der Waals surface area contributed by atoms with Gasteiger partial charge < -0.3 is 9.47 Å². The van der Waals surface area contributed by atoms with Crippen LogP contribution < -0.4 is 4.90 Å². The van der Waals surface area contributed by atoms with Gasteiger partial charge in [0, 0.05) is 33.1 Å². The summed E-state index contributed by atoms with van der Waals surface area (Å²) in [5, 5.41) is 11.3. The number of halogens is 24. The van der Waals surface area contributed by atoms with Crippen molar-refractivity contribution in [2.45, 2.75) is 74.7 Å². The number of alkyl halides is 24. The lowest BCUT2D eigenvalue weighted by Crippen LogP contribution is -2.40. The van der Waals surface area contributed by atoms with E-state index in [1.807, 2.05) is 0 Å². The molecule has 0 N–H and O–H groups in total. The van der Waals surface area contributed by atoms with E-state index in [0.29, 0.717) is 54.2 Å². The highest BCUT2D eigenvalue weighted by atomic mass is 19.4. The van der Waals surface area contributed by atoms with Crippen molar-refractivity contribution in [2.24, 2.45) is 0 Å². The van der Waals surface area contributed by atoms with Gasteiger partial charge in [-0.15, -0.1) is 0 Å². The van der Waals surface area contributed by atoms with Crippen molar-refractivity contribution in [1.29, 1.82) is 5.26 Å². The van der Waals surface area contributed by atoms with Crippen LogP contribution in [0.3, 0.4) is 0 Å². The average Bonchev–Trinajstić information content (AvgIpc) is 1.53. The molecule has 4 nitrogen and oxygen atoms in total. The molecule has 1 aliphatic carbocycles. The second-order valence-electron chi connectivity index (χ2n) is 23.3. The number of nitrogens with zero attached hydrogens (tertiary/aromatic N) is 4. The molecule has 0 saturated carbocycles. The Labute approximate surface area is 536 Å². The molecule has 28 heteroatoms. The Morgan fingerprint density at radius 3 is 1.21 bits per heavy atom. The molecule has 2 aliphatic rings. The Hall–Kier alpha value is -10.2. The van der Waals surface area contributed by atoms with Crippen LogP contribution in [0.5, 0.6) is 0 Å². The van der Waals surface area contributed by atoms with E-state index in [1.54, 1.807) is 19.1 Å². The Morgan fingerprint density at radius 1 is 0.408 bits per heavy atom. The second kappa shape index (κ2) is 22.7. The Balaban J connectivity index is 1.17. The number of pyridine rings is 1. The normalized spacial score (nSPS) is 16.4. The van der Waals surface area contributed by atoms with Crippen LogP contribution in [0.2, 0.25) is 0 Å². The van der Waals surface area contributed by atoms with Crippen molar-refractivity contribution in [2.75, 3.05) is 4.90 Å². The number of nitriles is 1. The first-order chi connectivity index (χ1) is 45.4. The van der Waals surface area contributed by atoms with Gasteiger partial charge in [-0.3, -0.25) is 4.98 Å². The molecule has 12 rings (SSSR count). The van der Waals surface area contributed by atoms with Crippen molar-refractivity contribution in [3.05, 3.63) is 243 Å². The maximum Gasteiger partial charge on any atom is 0.417 e. The van der Waals surface area contributed by atoms with Crippen LogP contribution >= 0.6 is 0 Å². The highest BCUT2D eigenvalue weighted by Crippen LogP contribution is 2.57. The van der Waals surface area contributed by atoms with Crippen molar-refractivity contribution in [3.63, 3.8) is 0 Å². The summed E-state index contributed by atoms with van der Waals surface area (Å²) in [5.74, 6) is 0. The van der Waals surface area contributed by atoms with Crippen LogP contribution in [-0.2, 0) is 54.8 Å². The molecular weight excluding hydrogens is 1350 g/mol. The van der Waals surface area contributed by atoms with E-state index in [1.165, 1.54) is 46.7 Å².